The van der Waals surface area contributed by atoms with Gasteiger partial charge in [0, 0.05) is 17.0 Å². The number of para-hydroxylation sites is 1. The van der Waals surface area contributed by atoms with Gasteiger partial charge in [0.05, 0.1) is 28.1 Å². The number of alkyl halides is 3. The molecule has 0 radical (unpaired) electrons. The van der Waals surface area contributed by atoms with E-state index in [4.69, 9.17) is 4.74 Å². The van der Waals surface area contributed by atoms with Crippen LogP contribution in [0.15, 0.2) is 54.6 Å². The highest BCUT2D eigenvalue weighted by atomic mass is 32.1. The van der Waals surface area contributed by atoms with Crippen molar-refractivity contribution in [1.82, 2.24) is 9.97 Å². The number of hydrogen-bond acceptors (Lipinski definition) is 5. The number of fused-ring (bicyclic) bond motifs is 1. The van der Waals surface area contributed by atoms with Crippen LogP contribution in [0.4, 0.5) is 13.2 Å². The number of halogens is 3. The summed E-state index contributed by atoms with van der Waals surface area (Å²) in [5.41, 5.74) is 1.82. The molecule has 0 bridgehead atoms. The van der Waals surface area contributed by atoms with Gasteiger partial charge in [-0.25, -0.2) is 9.97 Å². The van der Waals surface area contributed by atoms with Crippen LogP contribution in [0.2, 0.25) is 0 Å². The molecule has 2 heterocycles. The van der Waals surface area contributed by atoms with Crippen LogP contribution in [0.25, 0.3) is 21.5 Å². The summed E-state index contributed by atoms with van der Waals surface area (Å²) in [6.07, 6.45) is -4.54. The van der Waals surface area contributed by atoms with E-state index in [0.29, 0.717) is 33.2 Å². The standard InChI is InChI=1S/C23H17F3N2O3S/c1-13-19(32-22(27-13)14-6-8-16(9-7-14)23(24,25)26)12-31-20-10-15(11-21(29)30)17-4-2-3-5-18(17)28-20/h2-10H,11-12H2,1H3,(H,29,30). The van der Waals surface area contributed by atoms with Crippen LogP contribution in [0.3, 0.4) is 0 Å². The first kappa shape index (κ1) is 21.8. The second-order valence-corrected chi connectivity index (χ2v) is 8.18. The van der Waals surface area contributed by atoms with Crippen LogP contribution in [0, 0.1) is 6.92 Å². The summed E-state index contributed by atoms with van der Waals surface area (Å²) in [6.45, 7) is 1.95. The molecule has 164 valence electrons. The predicted octanol–water partition coefficient (Wildman–Crippen LogP) is 5.89. The Morgan fingerprint density at radius 3 is 2.50 bits per heavy atom. The van der Waals surface area contributed by atoms with Crippen molar-refractivity contribution < 1.29 is 27.8 Å². The summed E-state index contributed by atoms with van der Waals surface area (Å²) in [5, 5.41) is 10.5. The van der Waals surface area contributed by atoms with E-state index < -0.39 is 17.7 Å². The van der Waals surface area contributed by atoms with E-state index in [1.165, 1.54) is 23.5 Å². The molecule has 32 heavy (non-hydrogen) atoms. The lowest BCUT2D eigenvalue weighted by molar-refractivity contribution is -0.138. The number of aromatic nitrogens is 2. The van der Waals surface area contributed by atoms with E-state index in [1.807, 2.05) is 18.2 Å². The minimum atomic E-state index is -4.39. The Kier molecular flexibility index (Phi) is 5.84. The van der Waals surface area contributed by atoms with Crippen LogP contribution in [-0.4, -0.2) is 21.0 Å². The zero-order valence-corrected chi connectivity index (χ0v) is 17.6. The maximum atomic E-state index is 12.8. The minimum absolute atomic E-state index is 0.155. The molecule has 5 nitrogen and oxygen atoms in total. The Morgan fingerprint density at radius 2 is 1.81 bits per heavy atom. The molecule has 0 aliphatic heterocycles. The number of ether oxygens (including phenoxy) is 1. The summed E-state index contributed by atoms with van der Waals surface area (Å²) in [5.74, 6) is -0.657. The van der Waals surface area contributed by atoms with E-state index in [1.54, 1.807) is 19.1 Å². The van der Waals surface area contributed by atoms with Crippen LogP contribution in [-0.2, 0) is 24.0 Å². The van der Waals surface area contributed by atoms with Gasteiger partial charge in [-0.1, -0.05) is 30.3 Å². The fourth-order valence-corrected chi connectivity index (χ4v) is 4.21. The zero-order chi connectivity index (χ0) is 22.9. The van der Waals surface area contributed by atoms with Crippen molar-refractivity contribution in [1.29, 1.82) is 0 Å². The van der Waals surface area contributed by atoms with Gasteiger partial charge in [-0.2, -0.15) is 13.2 Å². The maximum absolute atomic E-state index is 12.8. The Bertz CT molecular complexity index is 1280. The fraction of sp³-hybridized carbons (Fsp3) is 0.174. The van der Waals surface area contributed by atoms with Gasteiger partial charge in [0.25, 0.3) is 0 Å². The number of hydrogen-bond donors (Lipinski definition) is 1. The van der Waals surface area contributed by atoms with Gasteiger partial charge >= 0.3 is 12.1 Å². The second kappa shape index (κ2) is 8.58. The molecule has 2 aromatic carbocycles. The Labute approximate surface area is 185 Å². The first-order chi connectivity index (χ1) is 15.2. The SMILES string of the molecule is Cc1nc(-c2ccc(C(F)(F)F)cc2)sc1COc1cc(CC(=O)O)c2ccccc2n1. The third-order valence-corrected chi connectivity index (χ3v) is 6.00. The molecular formula is C23H17F3N2O3S. The van der Waals surface area contributed by atoms with Crippen molar-refractivity contribution >= 4 is 28.2 Å². The Balaban J connectivity index is 1.55. The molecule has 0 unspecified atom stereocenters. The number of thiazole rings is 1. The van der Waals surface area contributed by atoms with Crippen LogP contribution >= 0.6 is 11.3 Å². The second-order valence-electron chi connectivity index (χ2n) is 7.10. The molecule has 0 fully saturated rings. The third kappa shape index (κ3) is 4.72. The van der Waals surface area contributed by atoms with E-state index in [2.05, 4.69) is 9.97 Å². The van der Waals surface area contributed by atoms with Crippen LogP contribution < -0.4 is 4.74 Å². The van der Waals surface area contributed by atoms with Gasteiger partial charge in [-0.15, -0.1) is 11.3 Å². The molecular weight excluding hydrogens is 441 g/mol. The van der Waals surface area contributed by atoms with Gasteiger partial charge in [0.1, 0.15) is 11.6 Å². The molecule has 2 aromatic heterocycles. The quantitative estimate of drug-likeness (QED) is 0.390. The number of aliphatic carboxylic acids is 1. The first-order valence-electron chi connectivity index (χ1n) is 9.58. The highest BCUT2D eigenvalue weighted by Gasteiger charge is 2.30. The lowest BCUT2D eigenvalue weighted by atomic mass is 10.1. The van der Waals surface area contributed by atoms with Crippen molar-refractivity contribution in [3.8, 4) is 16.5 Å². The molecule has 0 aliphatic rings. The average Bonchev–Trinajstić information content (AvgIpc) is 3.12. The molecule has 0 saturated carbocycles. The van der Waals surface area contributed by atoms with E-state index >= 15 is 0 Å². The van der Waals surface area contributed by atoms with Crippen molar-refractivity contribution in [2.45, 2.75) is 26.1 Å². The number of pyridine rings is 1. The first-order valence-corrected chi connectivity index (χ1v) is 10.4. The van der Waals surface area contributed by atoms with Gasteiger partial charge in [0.15, 0.2) is 0 Å². The van der Waals surface area contributed by atoms with E-state index in [9.17, 15) is 23.1 Å². The van der Waals surface area contributed by atoms with Crippen molar-refractivity contribution in [3.05, 3.63) is 76.3 Å². The number of aryl methyl sites for hydroxylation is 1. The normalized spacial score (nSPS) is 11.6. The zero-order valence-electron chi connectivity index (χ0n) is 16.8. The summed E-state index contributed by atoms with van der Waals surface area (Å²) < 4.78 is 44.2. The highest BCUT2D eigenvalue weighted by molar-refractivity contribution is 7.15. The number of carboxylic acids is 1. The number of carbonyl (C=O) groups is 1. The summed E-state index contributed by atoms with van der Waals surface area (Å²) >= 11 is 1.32. The maximum Gasteiger partial charge on any atom is 0.416 e. The molecule has 0 saturated heterocycles. The Morgan fingerprint density at radius 1 is 1.09 bits per heavy atom. The third-order valence-electron chi connectivity index (χ3n) is 4.82. The molecule has 1 N–H and O–H groups in total. The van der Waals surface area contributed by atoms with Crippen molar-refractivity contribution in [2.75, 3.05) is 0 Å². The molecule has 4 aromatic rings. The summed E-state index contributed by atoms with van der Waals surface area (Å²) in [7, 11) is 0. The van der Waals surface area contributed by atoms with Gasteiger partial charge < -0.3 is 9.84 Å². The van der Waals surface area contributed by atoms with Gasteiger partial charge in [-0.3, -0.25) is 4.79 Å². The molecule has 0 amide bonds. The van der Waals surface area contributed by atoms with Crippen molar-refractivity contribution in [2.24, 2.45) is 0 Å². The topological polar surface area (TPSA) is 72.3 Å². The Hall–Kier alpha value is -3.46. The van der Waals surface area contributed by atoms with E-state index in [0.717, 1.165) is 22.4 Å². The monoisotopic (exact) mass is 458 g/mol. The van der Waals surface area contributed by atoms with Crippen LogP contribution in [0.5, 0.6) is 5.88 Å². The van der Waals surface area contributed by atoms with Crippen molar-refractivity contribution in [3.63, 3.8) is 0 Å². The molecule has 9 heteroatoms. The van der Waals surface area contributed by atoms with Gasteiger partial charge in [0.2, 0.25) is 5.88 Å². The number of carboxylic acid groups (broad SMARTS) is 1. The fourth-order valence-electron chi connectivity index (χ4n) is 3.23. The summed E-state index contributed by atoms with van der Waals surface area (Å²) in [4.78, 5) is 20.9. The van der Waals surface area contributed by atoms with E-state index in [-0.39, 0.29) is 13.0 Å². The summed E-state index contributed by atoms with van der Waals surface area (Å²) in [6, 6.07) is 13.7. The van der Waals surface area contributed by atoms with Gasteiger partial charge in [-0.05, 0) is 30.7 Å². The smallest absolute Gasteiger partial charge is 0.416 e. The largest absolute Gasteiger partial charge is 0.481 e. The number of benzene rings is 2. The number of nitrogens with zero attached hydrogens (tertiary/aromatic N) is 2. The average molecular weight is 458 g/mol. The molecule has 0 spiro atoms. The lowest BCUT2D eigenvalue weighted by Gasteiger charge is -2.09. The predicted molar refractivity (Wildman–Crippen MR) is 115 cm³/mol. The minimum Gasteiger partial charge on any atom is -0.481 e. The molecule has 4 rings (SSSR count). The van der Waals surface area contributed by atoms with Crippen LogP contribution in [0.1, 0.15) is 21.7 Å². The molecule has 0 atom stereocenters. The number of rotatable bonds is 6. The lowest BCUT2D eigenvalue weighted by Crippen LogP contribution is -2.03. The highest BCUT2D eigenvalue weighted by Crippen LogP contribution is 2.33. The molecule has 0 aliphatic carbocycles.